The van der Waals surface area contributed by atoms with Gasteiger partial charge in [0.1, 0.15) is 0 Å². The zero-order valence-corrected chi connectivity index (χ0v) is 14.9. The zero-order chi connectivity index (χ0) is 15.3. The van der Waals surface area contributed by atoms with Crippen molar-refractivity contribution in [1.82, 2.24) is 15.5 Å². The highest BCUT2D eigenvalue weighted by Crippen LogP contribution is 2.31. The quantitative estimate of drug-likeness (QED) is 0.616. The van der Waals surface area contributed by atoms with Crippen molar-refractivity contribution in [3.8, 4) is 0 Å². The SMILES string of the molecule is CN=C(NCC1(N(C)C)CCSC1)NC1CCCC(C)C1. The topological polar surface area (TPSA) is 39.7 Å². The molecule has 2 aliphatic rings. The molecule has 0 bridgehead atoms. The van der Waals surface area contributed by atoms with Gasteiger partial charge < -0.3 is 15.5 Å². The standard InChI is InChI=1S/C16H32N4S/c1-13-6-5-7-14(10-13)19-15(17-2)18-11-16(20(3)4)8-9-21-12-16/h13-14H,5-12H2,1-4H3,(H2,17,18,19). The lowest BCUT2D eigenvalue weighted by Crippen LogP contribution is -2.55. The predicted molar refractivity (Wildman–Crippen MR) is 94.3 cm³/mol. The summed E-state index contributed by atoms with van der Waals surface area (Å²) in [7, 11) is 6.28. The minimum absolute atomic E-state index is 0.280. The van der Waals surface area contributed by atoms with Crippen molar-refractivity contribution >= 4 is 17.7 Å². The van der Waals surface area contributed by atoms with Gasteiger partial charge in [0.15, 0.2) is 5.96 Å². The van der Waals surface area contributed by atoms with Crippen molar-refractivity contribution in [2.24, 2.45) is 10.9 Å². The van der Waals surface area contributed by atoms with E-state index in [1.807, 2.05) is 7.05 Å². The molecule has 0 aromatic rings. The van der Waals surface area contributed by atoms with Crippen LogP contribution in [0.15, 0.2) is 4.99 Å². The maximum atomic E-state index is 4.43. The summed E-state index contributed by atoms with van der Waals surface area (Å²) in [6, 6.07) is 0.591. The number of thioether (sulfide) groups is 1. The average molecular weight is 313 g/mol. The average Bonchev–Trinajstić information content (AvgIpc) is 2.93. The first-order valence-electron chi connectivity index (χ1n) is 8.28. The number of hydrogen-bond acceptors (Lipinski definition) is 3. The molecule has 0 aromatic carbocycles. The van der Waals surface area contributed by atoms with Gasteiger partial charge in [-0.2, -0.15) is 11.8 Å². The van der Waals surface area contributed by atoms with Crippen LogP contribution in [-0.2, 0) is 0 Å². The normalized spacial score (nSPS) is 34.2. The van der Waals surface area contributed by atoms with E-state index in [1.54, 1.807) is 0 Å². The zero-order valence-electron chi connectivity index (χ0n) is 14.1. The summed E-state index contributed by atoms with van der Waals surface area (Å²) in [5.41, 5.74) is 0.280. The van der Waals surface area contributed by atoms with E-state index in [9.17, 15) is 0 Å². The molecule has 0 radical (unpaired) electrons. The van der Waals surface area contributed by atoms with Crippen LogP contribution in [0.5, 0.6) is 0 Å². The molecular formula is C16H32N4S. The van der Waals surface area contributed by atoms with Crippen LogP contribution in [0.4, 0.5) is 0 Å². The molecule has 4 nitrogen and oxygen atoms in total. The van der Waals surface area contributed by atoms with E-state index < -0.39 is 0 Å². The molecule has 5 heteroatoms. The minimum Gasteiger partial charge on any atom is -0.355 e. The van der Waals surface area contributed by atoms with E-state index >= 15 is 0 Å². The van der Waals surface area contributed by atoms with Crippen molar-refractivity contribution < 1.29 is 0 Å². The van der Waals surface area contributed by atoms with Crippen LogP contribution >= 0.6 is 11.8 Å². The predicted octanol–water partition coefficient (Wildman–Crippen LogP) is 2.17. The van der Waals surface area contributed by atoms with E-state index in [0.717, 1.165) is 18.4 Å². The molecule has 1 aliphatic heterocycles. The number of aliphatic imine (C=N–C) groups is 1. The molecule has 1 aliphatic carbocycles. The molecule has 21 heavy (non-hydrogen) atoms. The lowest BCUT2D eigenvalue weighted by atomic mass is 9.87. The van der Waals surface area contributed by atoms with Gasteiger partial charge in [0.05, 0.1) is 0 Å². The number of likely N-dealkylation sites (N-methyl/N-ethyl adjacent to an activating group) is 1. The van der Waals surface area contributed by atoms with E-state index in [0.29, 0.717) is 6.04 Å². The van der Waals surface area contributed by atoms with Crippen LogP contribution in [0.3, 0.4) is 0 Å². The highest BCUT2D eigenvalue weighted by Gasteiger charge is 2.36. The molecule has 3 unspecified atom stereocenters. The van der Waals surface area contributed by atoms with Crippen LogP contribution in [0, 0.1) is 5.92 Å². The molecule has 0 amide bonds. The molecule has 2 N–H and O–H groups in total. The van der Waals surface area contributed by atoms with Crippen LogP contribution in [0.2, 0.25) is 0 Å². The van der Waals surface area contributed by atoms with Gasteiger partial charge in [0, 0.05) is 30.9 Å². The molecule has 2 fully saturated rings. The van der Waals surface area contributed by atoms with Crippen LogP contribution in [0.1, 0.15) is 39.0 Å². The summed E-state index contributed by atoms with van der Waals surface area (Å²) in [5, 5.41) is 7.21. The van der Waals surface area contributed by atoms with Crippen LogP contribution in [-0.4, -0.2) is 61.6 Å². The van der Waals surface area contributed by atoms with Gasteiger partial charge in [0.25, 0.3) is 0 Å². The van der Waals surface area contributed by atoms with E-state index in [2.05, 4.69) is 53.3 Å². The van der Waals surface area contributed by atoms with E-state index in [1.165, 1.54) is 43.6 Å². The summed E-state index contributed by atoms with van der Waals surface area (Å²) in [5.74, 6) is 4.30. The first kappa shape index (κ1) is 16.9. The molecular weight excluding hydrogens is 280 g/mol. The number of rotatable bonds is 4. The summed E-state index contributed by atoms with van der Waals surface area (Å²) in [4.78, 5) is 6.81. The third-order valence-electron chi connectivity index (χ3n) is 5.12. The Kier molecular flexibility index (Phi) is 6.23. The lowest BCUT2D eigenvalue weighted by molar-refractivity contribution is 0.182. The smallest absolute Gasteiger partial charge is 0.191 e. The van der Waals surface area contributed by atoms with E-state index in [-0.39, 0.29) is 5.54 Å². The Bertz CT molecular complexity index is 350. The van der Waals surface area contributed by atoms with Crippen molar-refractivity contribution in [2.45, 2.75) is 50.6 Å². The van der Waals surface area contributed by atoms with Gasteiger partial charge in [-0.1, -0.05) is 19.8 Å². The maximum Gasteiger partial charge on any atom is 0.191 e. The molecule has 1 saturated heterocycles. The molecule has 1 saturated carbocycles. The van der Waals surface area contributed by atoms with Crippen molar-refractivity contribution in [1.29, 1.82) is 0 Å². The Labute approximate surface area is 134 Å². The molecule has 1 heterocycles. The van der Waals surface area contributed by atoms with Crippen molar-refractivity contribution in [3.05, 3.63) is 0 Å². The van der Waals surface area contributed by atoms with Gasteiger partial charge in [-0.15, -0.1) is 0 Å². The number of hydrogen-bond donors (Lipinski definition) is 2. The summed E-state index contributed by atoms with van der Waals surface area (Å²) in [6.07, 6.45) is 6.53. The molecule has 0 aromatic heterocycles. The fourth-order valence-electron chi connectivity index (χ4n) is 3.45. The lowest BCUT2D eigenvalue weighted by Gasteiger charge is -2.37. The third kappa shape index (κ3) is 4.52. The Hall–Kier alpha value is -0.420. The Morgan fingerprint density at radius 2 is 2.19 bits per heavy atom. The van der Waals surface area contributed by atoms with Crippen LogP contribution < -0.4 is 10.6 Å². The highest BCUT2D eigenvalue weighted by molar-refractivity contribution is 7.99. The second kappa shape index (κ2) is 7.73. The van der Waals surface area contributed by atoms with Gasteiger partial charge in [0.2, 0.25) is 0 Å². The van der Waals surface area contributed by atoms with Crippen molar-refractivity contribution in [2.75, 3.05) is 39.2 Å². The number of nitrogens with one attached hydrogen (secondary N) is 2. The molecule has 3 atom stereocenters. The summed E-state index contributed by atoms with van der Waals surface area (Å²) in [6.45, 7) is 3.34. The first-order chi connectivity index (χ1) is 10.1. The van der Waals surface area contributed by atoms with Gasteiger partial charge in [-0.25, -0.2) is 0 Å². The fourth-order valence-corrected chi connectivity index (χ4v) is 5.00. The van der Waals surface area contributed by atoms with Crippen molar-refractivity contribution in [3.63, 3.8) is 0 Å². The van der Waals surface area contributed by atoms with Gasteiger partial charge in [-0.3, -0.25) is 4.99 Å². The van der Waals surface area contributed by atoms with E-state index in [4.69, 9.17) is 0 Å². The molecule has 2 rings (SSSR count). The molecule has 0 spiro atoms. The van der Waals surface area contributed by atoms with Gasteiger partial charge >= 0.3 is 0 Å². The van der Waals surface area contributed by atoms with Gasteiger partial charge in [-0.05, 0) is 45.0 Å². The Morgan fingerprint density at radius 3 is 2.76 bits per heavy atom. The summed E-state index contributed by atoms with van der Waals surface area (Å²) >= 11 is 2.06. The third-order valence-corrected chi connectivity index (χ3v) is 6.35. The van der Waals surface area contributed by atoms with Crippen LogP contribution in [0.25, 0.3) is 0 Å². The largest absolute Gasteiger partial charge is 0.355 e. The highest BCUT2D eigenvalue weighted by atomic mass is 32.2. The second-order valence-electron chi connectivity index (χ2n) is 6.96. The maximum absolute atomic E-state index is 4.43. The fraction of sp³-hybridized carbons (Fsp3) is 0.938. The minimum atomic E-state index is 0.280. The molecule has 122 valence electrons. The number of guanidine groups is 1. The second-order valence-corrected chi connectivity index (χ2v) is 8.07. The first-order valence-corrected chi connectivity index (χ1v) is 9.43. The Balaban J connectivity index is 1.85. The Morgan fingerprint density at radius 1 is 1.38 bits per heavy atom. The number of nitrogens with zero attached hydrogens (tertiary/aromatic N) is 2. The monoisotopic (exact) mass is 312 g/mol. The summed E-state index contributed by atoms with van der Waals surface area (Å²) < 4.78 is 0.